The van der Waals surface area contributed by atoms with Crippen LogP contribution >= 0.6 is 0 Å². The van der Waals surface area contributed by atoms with Crippen molar-refractivity contribution in [3.05, 3.63) is 41.8 Å². The molecule has 1 saturated heterocycles. The summed E-state index contributed by atoms with van der Waals surface area (Å²) in [5.41, 5.74) is 1.47. The molecule has 1 aromatic heterocycles. The van der Waals surface area contributed by atoms with E-state index < -0.39 is 11.9 Å². The standard InChI is InChI=1S/C19H22N2O4/c1-12-8-9-15(19(23)24)11-21(12)17(22)10-16-13(2)25-18(20-16)14-6-4-3-5-7-14/h3-7,12,15H,8-11H2,1-2H3,(H,23,24). The molecule has 1 aromatic carbocycles. The van der Waals surface area contributed by atoms with Crippen molar-refractivity contribution in [3.8, 4) is 11.5 Å². The molecule has 0 spiro atoms. The lowest BCUT2D eigenvalue weighted by Gasteiger charge is -2.36. The number of hydrogen-bond acceptors (Lipinski definition) is 4. The second-order valence-corrected chi connectivity index (χ2v) is 6.57. The monoisotopic (exact) mass is 342 g/mol. The Bertz CT molecular complexity index is 769. The van der Waals surface area contributed by atoms with Crippen molar-refractivity contribution < 1.29 is 19.1 Å². The van der Waals surface area contributed by atoms with E-state index in [1.165, 1.54) is 0 Å². The van der Waals surface area contributed by atoms with Gasteiger partial charge in [0.1, 0.15) is 5.76 Å². The van der Waals surface area contributed by atoms with Crippen LogP contribution in [-0.4, -0.2) is 39.5 Å². The highest BCUT2D eigenvalue weighted by atomic mass is 16.4. The Hall–Kier alpha value is -2.63. The molecule has 1 aliphatic heterocycles. The average molecular weight is 342 g/mol. The van der Waals surface area contributed by atoms with Crippen molar-refractivity contribution in [1.82, 2.24) is 9.88 Å². The number of nitrogens with zero attached hydrogens (tertiary/aromatic N) is 2. The molecule has 0 bridgehead atoms. The van der Waals surface area contributed by atoms with Crippen LogP contribution in [0.4, 0.5) is 0 Å². The predicted octanol–water partition coefficient (Wildman–Crippen LogP) is 2.90. The van der Waals surface area contributed by atoms with E-state index in [0.29, 0.717) is 30.2 Å². The largest absolute Gasteiger partial charge is 0.481 e. The number of hydrogen-bond donors (Lipinski definition) is 1. The quantitative estimate of drug-likeness (QED) is 0.923. The Morgan fingerprint density at radius 1 is 1.28 bits per heavy atom. The molecule has 25 heavy (non-hydrogen) atoms. The van der Waals surface area contributed by atoms with E-state index in [9.17, 15) is 14.7 Å². The van der Waals surface area contributed by atoms with Crippen LogP contribution in [0.2, 0.25) is 0 Å². The summed E-state index contributed by atoms with van der Waals surface area (Å²) in [6.07, 6.45) is 1.44. The summed E-state index contributed by atoms with van der Waals surface area (Å²) >= 11 is 0. The van der Waals surface area contributed by atoms with E-state index in [-0.39, 0.29) is 24.9 Å². The first-order valence-corrected chi connectivity index (χ1v) is 8.49. The molecule has 3 rings (SSSR count). The molecule has 2 aromatic rings. The molecule has 0 saturated carbocycles. The molecule has 132 valence electrons. The van der Waals surface area contributed by atoms with E-state index >= 15 is 0 Å². The fraction of sp³-hybridized carbons (Fsp3) is 0.421. The molecule has 6 heteroatoms. The fourth-order valence-electron chi connectivity index (χ4n) is 3.20. The van der Waals surface area contributed by atoms with Gasteiger partial charge in [-0.15, -0.1) is 0 Å². The maximum atomic E-state index is 12.7. The maximum absolute atomic E-state index is 12.7. The van der Waals surface area contributed by atoms with Gasteiger partial charge in [0.05, 0.1) is 18.0 Å². The third-order valence-electron chi connectivity index (χ3n) is 4.78. The molecular weight excluding hydrogens is 320 g/mol. The van der Waals surface area contributed by atoms with E-state index in [1.807, 2.05) is 37.3 Å². The Morgan fingerprint density at radius 3 is 2.68 bits per heavy atom. The van der Waals surface area contributed by atoms with E-state index in [2.05, 4.69) is 4.98 Å². The second-order valence-electron chi connectivity index (χ2n) is 6.57. The minimum Gasteiger partial charge on any atom is -0.481 e. The van der Waals surface area contributed by atoms with Gasteiger partial charge < -0.3 is 14.4 Å². The number of aliphatic carboxylic acids is 1. The average Bonchev–Trinajstić information content (AvgIpc) is 2.96. The van der Waals surface area contributed by atoms with E-state index in [1.54, 1.807) is 11.8 Å². The Balaban J connectivity index is 1.74. The number of oxazole rings is 1. The summed E-state index contributed by atoms with van der Waals surface area (Å²) in [5.74, 6) is -0.316. The maximum Gasteiger partial charge on any atom is 0.308 e. The summed E-state index contributed by atoms with van der Waals surface area (Å²) in [6.45, 7) is 4.01. The number of benzene rings is 1. The Kier molecular flexibility index (Phi) is 4.88. The topological polar surface area (TPSA) is 83.6 Å². The third kappa shape index (κ3) is 3.73. The number of carboxylic acid groups (broad SMARTS) is 1. The first kappa shape index (κ1) is 17.2. The summed E-state index contributed by atoms with van der Waals surface area (Å²) in [7, 11) is 0. The highest BCUT2D eigenvalue weighted by Gasteiger charge is 2.33. The molecule has 1 fully saturated rings. The molecule has 1 N–H and O–H groups in total. The van der Waals surface area contributed by atoms with Crippen LogP contribution in [0.3, 0.4) is 0 Å². The zero-order valence-electron chi connectivity index (χ0n) is 14.4. The van der Waals surface area contributed by atoms with Crippen molar-refractivity contribution in [2.24, 2.45) is 5.92 Å². The van der Waals surface area contributed by atoms with Gasteiger partial charge in [0.15, 0.2) is 0 Å². The molecule has 6 nitrogen and oxygen atoms in total. The van der Waals surface area contributed by atoms with Gasteiger partial charge in [0.25, 0.3) is 0 Å². The number of likely N-dealkylation sites (tertiary alicyclic amines) is 1. The van der Waals surface area contributed by atoms with E-state index in [4.69, 9.17) is 4.42 Å². The van der Waals surface area contributed by atoms with Crippen molar-refractivity contribution in [2.45, 2.75) is 39.2 Å². The zero-order chi connectivity index (χ0) is 18.0. The van der Waals surface area contributed by atoms with Gasteiger partial charge in [-0.1, -0.05) is 18.2 Å². The molecule has 2 unspecified atom stereocenters. The molecule has 1 aliphatic rings. The third-order valence-corrected chi connectivity index (χ3v) is 4.78. The minimum absolute atomic E-state index is 0.0453. The molecular formula is C19H22N2O4. The van der Waals surface area contributed by atoms with Gasteiger partial charge in [-0.05, 0) is 38.8 Å². The number of rotatable bonds is 4. The van der Waals surface area contributed by atoms with Gasteiger partial charge in [0.2, 0.25) is 11.8 Å². The van der Waals surface area contributed by atoms with Crippen molar-refractivity contribution >= 4 is 11.9 Å². The van der Waals surface area contributed by atoms with Crippen LogP contribution in [0.1, 0.15) is 31.2 Å². The first-order chi connectivity index (χ1) is 12.0. The Morgan fingerprint density at radius 2 is 2.00 bits per heavy atom. The molecule has 1 amide bonds. The normalized spacial score (nSPS) is 20.5. The van der Waals surface area contributed by atoms with Crippen LogP contribution < -0.4 is 0 Å². The summed E-state index contributed by atoms with van der Waals surface area (Å²) in [4.78, 5) is 30.1. The predicted molar refractivity (Wildman–Crippen MR) is 91.9 cm³/mol. The SMILES string of the molecule is Cc1oc(-c2ccccc2)nc1CC(=O)N1CC(C(=O)O)CCC1C. The number of amides is 1. The molecule has 0 aliphatic carbocycles. The van der Waals surface area contributed by atoms with Crippen molar-refractivity contribution in [2.75, 3.05) is 6.54 Å². The smallest absolute Gasteiger partial charge is 0.308 e. The summed E-state index contributed by atoms with van der Waals surface area (Å²) in [6, 6.07) is 9.58. The van der Waals surface area contributed by atoms with Gasteiger partial charge in [-0.3, -0.25) is 9.59 Å². The number of carbonyl (C=O) groups is 2. The highest BCUT2D eigenvalue weighted by Crippen LogP contribution is 2.25. The number of aromatic nitrogens is 1. The van der Waals surface area contributed by atoms with Crippen LogP contribution in [0.5, 0.6) is 0 Å². The fourth-order valence-corrected chi connectivity index (χ4v) is 3.20. The molecule has 0 radical (unpaired) electrons. The van der Waals surface area contributed by atoms with Crippen LogP contribution in [0.15, 0.2) is 34.7 Å². The van der Waals surface area contributed by atoms with Crippen LogP contribution in [-0.2, 0) is 16.0 Å². The zero-order valence-corrected chi connectivity index (χ0v) is 14.4. The number of carbonyl (C=O) groups excluding carboxylic acids is 1. The van der Waals surface area contributed by atoms with Crippen LogP contribution in [0, 0.1) is 12.8 Å². The van der Waals surface area contributed by atoms with Crippen molar-refractivity contribution in [1.29, 1.82) is 0 Å². The first-order valence-electron chi connectivity index (χ1n) is 8.49. The van der Waals surface area contributed by atoms with Gasteiger partial charge in [0, 0.05) is 18.2 Å². The van der Waals surface area contributed by atoms with Gasteiger partial charge in [-0.2, -0.15) is 0 Å². The molecule has 2 atom stereocenters. The lowest BCUT2D eigenvalue weighted by Crippen LogP contribution is -2.48. The van der Waals surface area contributed by atoms with Gasteiger partial charge >= 0.3 is 5.97 Å². The number of piperidine rings is 1. The number of aryl methyl sites for hydroxylation is 1. The summed E-state index contributed by atoms with van der Waals surface area (Å²) < 4.78 is 5.70. The van der Waals surface area contributed by atoms with Crippen LogP contribution in [0.25, 0.3) is 11.5 Å². The second kappa shape index (κ2) is 7.09. The highest BCUT2D eigenvalue weighted by molar-refractivity contribution is 5.80. The Labute approximate surface area is 146 Å². The minimum atomic E-state index is -0.839. The van der Waals surface area contributed by atoms with Crippen molar-refractivity contribution in [3.63, 3.8) is 0 Å². The number of carboxylic acids is 1. The lowest BCUT2D eigenvalue weighted by atomic mass is 9.93. The summed E-state index contributed by atoms with van der Waals surface area (Å²) in [5, 5.41) is 9.22. The van der Waals surface area contributed by atoms with Gasteiger partial charge in [-0.25, -0.2) is 4.98 Å². The van der Waals surface area contributed by atoms with E-state index in [0.717, 1.165) is 5.56 Å². The molecule has 2 heterocycles. The lowest BCUT2D eigenvalue weighted by molar-refractivity contribution is -0.147.